The molecule has 0 saturated heterocycles. The number of aromatic nitrogens is 1. The van der Waals surface area contributed by atoms with E-state index in [1.54, 1.807) is 38.7 Å². The minimum Gasteiger partial charge on any atom is -0.493 e. The molecule has 5 heteroatoms. The zero-order valence-electron chi connectivity index (χ0n) is 13.0. The van der Waals surface area contributed by atoms with Gasteiger partial charge in [0.15, 0.2) is 11.5 Å². The second-order valence-corrected chi connectivity index (χ2v) is 4.79. The molecule has 0 bridgehead atoms. The number of carbonyl (C=O) groups is 1. The molecule has 116 valence electrons. The SMILES string of the molecule is CCC(NC(=O)c1cccnc1)c1ccc(OC)c(OC)c1. The average Bonchev–Trinajstić information content (AvgIpc) is 2.59. The molecule has 5 nitrogen and oxygen atoms in total. The van der Waals surface area contributed by atoms with Crippen LogP contribution in [0.5, 0.6) is 11.5 Å². The van der Waals surface area contributed by atoms with E-state index < -0.39 is 0 Å². The summed E-state index contributed by atoms with van der Waals surface area (Å²) in [6.45, 7) is 2.02. The highest BCUT2D eigenvalue weighted by molar-refractivity contribution is 5.94. The molecule has 0 aliphatic rings. The van der Waals surface area contributed by atoms with Gasteiger partial charge in [-0.05, 0) is 36.2 Å². The quantitative estimate of drug-likeness (QED) is 0.891. The Balaban J connectivity index is 2.20. The van der Waals surface area contributed by atoms with Crippen molar-refractivity contribution in [3.8, 4) is 11.5 Å². The van der Waals surface area contributed by atoms with Crippen molar-refractivity contribution in [2.24, 2.45) is 0 Å². The Morgan fingerprint density at radius 2 is 2.00 bits per heavy atom. The number of nitrogens with zero attached hydrogens (tertiary/aromatic N) is 1. The van der Waals surface area contributed by atoms with Crippen molar-refractivity contribution in [2.75, 3.05) is 14.2 Å². The first-order chi connectivity index (χ1) is 10.7. The first-order valence-corrected chi connectivity index (χ1v) is 7.12. The first kappa shape index (κ1) is 15.8. The van der Waals surface area contributed by atoms with Crippen LogP contribution in [0.25, 0.3) is 0 Å². The van der Waals surface area contributed by atoms with Crippen LogP contribution in [0.1, 0.15) is 35.3 Å². The van der Waals surface area contributed by atoms with Crippen molar-refractivity contribution in [1.29, 1.82) is 0 Å². The lowest BCUT2D eigenvalue weighted by atomic mass is 10.0. The molecule has 22 heavy (non-hydrogen) atoms. The Kier molecular flexibility index (Phi) is 5.36. The molecule has 0 spiro atoms. The van der Waals surface area contributed by atoms with Gasteiger partial charge >= 0.3 is 0 Å². The molecule has 1 aromatic carbocycles. The van der Waals surface area contributed by atoms with E-state index in [4.69, 9.17) is 9.47 Å². The van der Waals surface area contributed by atoms with Gasteiger partial charge in [-0.2, -0.15) is 0 Å². The zero-order valence-corrected chi connectivity index (χ0v) is 13.0. The summed E-state index contributed by atoms with van der Waals surface area (Å²) in [6, 6.07) is 9.03. The third-order valence-corrected chi connectivity index (χ3v) is 3.45. The van der Waals surface area contributed by atoms with Crippen molar-refractivity contribution in [1.82, 2.24) is 10.3 Å². The lowest BCUT2D eigenvalue weighted by molar-refractivity contribution is 0.0935. The number of hydrogen-bond acceptors (Lipinski definition) is 4. The summed E-state index contributed by atoms with van der Waals surface area (Å²) >= 11 is 0. The van der Waals surface area contributed by atoms with Crippen LogP contribution in [0.2, 0.25) is 0 Å². The van der Waals surface area contributed by atoms with Gasteiger partial charge in [0.05, 0.1) is 25.8 Å². The lowest BCUT2D eigenvalue weighted by Crippen LogP contribution is -2.28. The number of amides is 1. The maximum absolute atomic E-state index is 12.3. The van der Waals surface area contributed by atoms with Crippen LogP contribution < -0.4 is 14.8 Å². The highest BCUT2D eigenvalue weighted by atomic mass is 16.5. The van der Waals surface area contributed by atoms with Gasteiger partial charge in [-0.15, -0.1) is 0 Å². The van der Waals surface area contributed by atoms with Gasteiger partial charge in [0.1, 0.15) is 0 Å². The lowest BCUT2D eigenvalue weighted by Gasteiger charge is -2.19. The Labute approximate surface area is 130 Å². The Morgan fingerprint density at radius 1 is 1.23 bits per heavy atom. The predicted octanol–water partition coefficient (Wildman–Crippen LogP) is 2.98. The smallest absolute Gasteiger partial charge is 0.253 e. The second kappa shape index (κ2) is 7.45. The van der Waals surface area contributed by atoms with Crippen molar-refractivity contribution in [3.63, 3.8) is 0 Å². The van der Waals surface area contributed by atoms with Gasteiger partial charge < -0.3 is 14.8 Å². The van der Waals surface area contributed by atoms with Crippen molar-refractivity contribution >= 4 is 5.91 Å². The number of rotatable bonds is 6. The minimum absolute atomic E-state index is 0.104. The summed E-state index contributed by atoms with van der Waals surface area (Å²) < 4.78 is 10.5. The van der Waals surface area contributed by atoms with Gasteiger partial charge in [0, 0.05) is 12.4 Å². The summed E-state index contributed by atoms with van der Waals surface area (Å²) in [7, 11) is 3.19. The first-order valence-electron chi connectivity index (χ1n) is 7.12. The van der Waals surface area contributed by atoms with Crippen molar-refractivity contribution < 1.29 is 14.3 Å². The molecule has 0 aliphatic carbocycles. The molecular formula is C17H20N2O3. The second-order valence-electron chi connectivity index (χ2n) is 4.79. The van der Waals surface area contributed by atoms with Gasteiger partial charge in [-0.3, -0.25) is 9.78 Å². The molecule has 1 N–H and O–H groups in total. The largest absolute Gasteiger partial charge is 0.493 e. The molecule has 0 saturated carbocycles. The van der Waals surface area contributed by atoms with Gasteiger partial charge in [-0.25, -0.2) is 0 Å². The van der Waals surface area contributed by atoms with Crippen LogP contribution in [0.3, 0.4) is 0 Å². The van der Waals surface area contributed by atoms with E-state index in [1.807, 2.05) is 25.1 Å². The number of methoxy groups -OCH3 is 2. The number of nitrogens with one attached hydrogen (secondary N) is 1. The molecule has 2 rings (SSSR count). The third kappa shape index (κ3) is 3.55. The highest BCUT2D eigenvalue weighted by Gasteiger charge is 2.16. The van der Waals surface area contributed by atoms with Gasteiger partial charge in [-0.1, -0.05) is 13.0 Å². The van der Waals surface area contributed by atoms with Crippen LogP contribution in [0.15, 0.2) is 42.7 Å². The van der Waals surface area contributed by atoms with E-state index in [2.05, 4.69) is 10.3 Å². The van der Waals surface area contributed by atoms with Crippen LogP contribution in [0, 0.1) is 0 Å². The summed E-state index contributed by atoms with van der Waals surface area (Å²) in [6.07, 6.45) is 3.96. The Hall–Kier alpha value is -2.56. The molecule has 1 aromatic heterocycles. The standard InChI is InChI=1S/C17H20N2O3/c1-4-14(19-17(20)13-6-5-9-18-11-13)12-7-8-15(21-2)16(10-12)22-3/h5-11,14H,4H2,1-3H3,(H,19,20). The molecule has 1 heterocycles. The van der Waals surface area contributed by atoms with Crippen molar-refractivity contribution in [3.05, 3.63) is 53.9 Å². The van der Waals surface area contributed by atoms with E-state index in [-0.39, 0.29) is 11.9 Å². The number of ether oxygens (including phenoxy) is 2. The topological polar surface area (TPSA) is 60.5 Å². The Morgan fingerprint density at radius 3 is 2.59 bits per heavy atom. The highest BCUT2D eigenvalue weighted by Crippen LogP contribution is 2.30. The van der Waals surface area contributed by atoms with Gasteiger partial charge in [0.25, 0.3) is 5.91 Å². The number of benzene rings is 1. The minimum atomic E-state index is -0.144. The zero-order chi connectivity index (χ0) is 15.9. The number of carbonyl (C=O) groups excluding carboxylic acids is 1. The molecular weight excluding hydrogens is 280 g/mol. The van der Waals surface area contributed by atoms with E-state index in [9.17, 15) is 4.79 Å². The fourth-order valence-electron chi connectivity index (χ4n) is 2.23. The average molecular weight is 300 g/mol. The normalized spacial score (nSPS) is 11.6. The number of pyridine rings is 1. The molecule has 0 aliphatic heterocycles. The fourth-order valence-corrected chi connectivity index (χ4v) is 2.23. The molecule has 1 atom stereocenters. The van der Waals surface area contributed by atoms with Crippen LogP contribution in [-0.4, -0.2) is 25.1 Å². The van der Waals surface area contributed by atoms with E-state index in [0.29, 0.717) is 17.1 Å². The summed E-state index contributed by atoms with van der Waals surface area (Å²) in [4.78, 5) is 16.2. The number of hydrogen-bond donors (Lipinski definition) is 1. The maximum atomic E-state index is 12.3. The van der Waals surface area contributed by atoms with Crippen LogP contribution in [-0.2, 0) is 0 Å². The fraction of sp³-hybridized carbons (Fsp3) is 0.294. The van der Waals surface area contributed by atoms with Crippen LogP contribution >= 0.6 is 0 Å². The molecule has 1 amide bonds. The van der Waals surface area contributed by atoms with Crippen molar-refractivity contribution in [2.45, 2.75) is 19.4 Å². The molecule has 2 aromatic rings. The predicted molar refractivity (Wildman–Crippen MR) is 84.3 cm³/mol. The third-order valence-electron chi connectivity index (χ3n) is 3.45. The monoisotopic (exact) mass is 300 g/mol. The molecule has 0 fully saturated rings. The van der Waals surface area contributed by atoms with Gasteiger partial charge in [0.2, 0.25) is 0 Å². The summed E-state index contributed by atoms with van der Waals surface area (Å²) in [5.74, 6) is 1.17. The summed E-state index contributed by atoms with van der Waals surface area (Å²) in [5.41, 5.74) is 1.51. The maximum Gasteiger partial charge on any atom is 0.253 e. The van der Waals surface area contributed by atoms with E-state index in [0.717, 1.165) is 12.0 Å². The molecule has 1 unspecified atom stereocenters. The van der Waals surface area contributed by atoms with E-state index in [1.165, 1.54) is 0 Å². The van der Waals surface area contributed by atoms with E-state index >= 15 is 0 Å². The van der Waals surface area contributed by atoms with Crippen LogP contribution in [0.4, 0.5) is 0 Å². The Bertz CT molecular complexity index is 629. The molecule has 0 radical (unpaired) electrons. The summed E-state index contributed by atoms with van der Waals surface area (Å²) in [5, 5.41) is 3.01.